The summed E-state index contributed by atoms with van der Waals surface area (Å²) in [6, 6.07) is 10.7. The van der Waals surface area contributed by atoms with E-state index in [1.165, 1.54) is 0 Å². The molecule has 2 rings (SSSR count). The number of hydrogen-bond acceptors (Lipinski definition) is 2. The van der Waals surface area contributed by atoms with Crippen molar-refractivity contribution in [1.29, 1.82) is 0 Å². The van der Waals surface area contributed by atoms with Crippen LogP contribution in [0.2, 0.25) is 0 Å². The quantitative estimate of drug-likeness (QED) is 0.424. The number of para-hydroxylation sites is 1. The van der Waals surface area contributed by atoms with Crippen LogP contribution in [0.4, 0.5) is 0 Å². The number of aliphatic imine (C=N–C) groups is 1. The molecule has 0 aliphatic carbocycles. The van der Waals surface area contributed by atoms with Gasteiger partial charge in [0, 0.05) is 18.3 Å². The minimum atomic E-state index is 0. The Morgan fingerprint density at radius 1 is 1.25 bits per heavy atom. The minimum Gasteiger partial charge on any atom is -0.357 e. The number of benzene rings is 1. The van der Waals surface area contributed by atoms with Gasteiger partial charge in [0.2, 0.25) is 0 Å². The van der Waals surface area contributed by atoms with Crippen molar-refractivity contribution in [3.63, 3.8) is 0 Å². The summed E-state index contributed by atoms with van der Waals surface area (Å²) in [7, 11) is 0. The third kappa shape index (κ3) is 5.51. The zero-order valence-electron chi connectivity index (χ0n) is 15.1. The van der Waals surface area contributed by atoms with E-state index in [1.54, 1.807) is 0 Å². The van der Waals surface area contributed by atoms with Crippen LogP contribution in [0, 0.1) is 13.8 Å². The Balaban J connectivity index is 0.00000288. The standard InChI is InChI=1S/C18H27N5.HI/c1-6-19-18(21-13(2)3)20-12-16-9-7-8-10-17(16)23-15(5)11-14(4)22-23;/h7-11,13H,6,12H2,1-5H3,(H2,19,20,21);1H. The molecule has 132 valence electrons. The van der Waals surface area contributed by atoms with E-state index in [-0.39, 0.29) is 24.0 Å². The highest BCUT2D eigenvalue weighted by Gasteiger charge is 2.08. The molecule has 1 heterocycles. The SMILES string of the molecule is CCNC(=NCc1ccccc1-n1nc(C)cc1C)NC(C)C.I. The van der Waals surface area contributed by atoms with Crippen molar-refractivity contribution in [2.45, 2.75) is 47.2 Å². The minimum absolute atomic E-state index is 0. The Bertz CT molecular complexity index is 676. The summed E-state index contributed by atoms with van der Waals surface area (Å²) in [6.45, 7) is 11.8. The summed E-state index contributed by atoms with van der Waals surface area (Å²) in [5.41, 5.74) is 4.39. The molecule has 0 radical (unpaired) electrons. The molecule has 0 amide bonds. The van der Waals surface area contributed by atoms with E-state index >= 15 is 0 Å². The van der Waals surface area contributed by atoms with E-state index in [4.69, 9.17) is 4.99 Å². The molecule has 0 aliphatic heterocycles. The van der Waals surface area contributed by atoms with Gasteiger partial charge in [-0.1, -0.05) is 18.2 Å². The average molecular weight is 441 g/mol. The normalized spacial score (nSPS) is 11.3. The molecule has 0 saturated carbocycles. The number of nitrogens with zero attached hydrogens (tertiary/aromatic N) is 3. The summed E-state index contributed by atoms with van der Waals surface area (Å²) in [4.78, 5) is 4.70. The van der Waals surface area contributed by atoms with E-state index < -0.39 is 0 Å². The Hall–Kier alpha value is -1.57. The number of halogens is 1. The van der Waals surface area contributed by atoms with Crippen LogP contribution in [-0.4, -0.2) is 28.3 Å². The van der Waals surface area contributed by atoms with Gasteiger partial charge in [-0.05, 0) is 52.3 Å². The first kappa shape index (κ1) is 20.5. The molecule has 24 heavy (non-hydrogen) atoms. The van der Waals surface area contributed by atoms with Gasteiger partial charge in [0.1, 0.15) is 0 Å². The van der Waals surface area contributed by atoms with E-state index in [1.807, 2.05) is 23.7 Å². The van der Waals surface area contributed by atoms with E-state index in [0.717, 1.165) is 35.1 Å². The molecule has 0 bridgehead atoms. The van der Waals surface area contributed by atoms with Crippen LogP contribution in [0.5, 0.6) is 0 Å². The van der Waals surface area contributed by atoms with Crippen LogP contribution in [-0.2, 0) is 6.54 Å². The molecule has 1 aromatic carbocycles. The third-order valence-electron chi connectivity index (χ3n) is 3.41. The maximum atomic E-state index is 4.70. The van der Waals surface area contributed by atoms with Gasteiger partial charge in [-0.2, -0.15) is 5.10 Å². The lowest BCUT2D eigenvalue weighted by molar-refractivity contribution is 0.700. The highest BCUT2D eigenvalue weighted by atomic mass is 127. The van der Waals surface area contributed by atoms with Crippen LogP contribution in [0.3, 0.4) is 0 Å². The van der Waals surface area contributed by atoms with Crippen molar-refractivity contribution in [1.82, 2.24) is 20.4 Å². The molecule has 2 N–H and O–H groups in total. The van der Waals surface area contributed by atoms with Gasteiger partial charge in [-0.3, -0.25) is 0 Å². The van der Waals surface area contributed by atoms with Crippen LogP contribution in [0.25, 0.3) is 5.69 Å². The fourth-order valence-corrected chi connectivity index (χ4v) is 2.48. The molecule has 2 aromatic rings. The maximum absolute atomic E-state index is 4.70. The first-order valence-corrected chi connectivity index (χ1v) is 8.17. The van der Waals surface area contributed by atoms with Gasteiger partial charge < -0.3 is 10.6 Å². The molecule has 0 unspecified atom stereocenters. The predicted octanol–water partition coefficient (Wildman–Crippen LogP) is 3.57. The second-order valence-corrected chi connectivity index (χ2v) is 5.96. The van der Waals surface area contributed by atoms with Gasteiger partial charge in [0.05, 0.1) is 17.9 Å². The second-order valence-electron chi connectivity index (χ2n) is 5.96. The lowest BCUT2D eigenvalue weighted by atomic mass is 10.2. The summed E-state index contributed by atoms with van der Waals surface area (Å²) < 4.78 is 1.99. The highest BCUT2D eigenvalue weighted by molar-refractivity contribution is 14.0. The molecule has 0 atom stereocenters. The zero-order valence-corrected chi connectivity index (χ0v) is 17.5. The Labute approximate surface area is 162 Å². The van der Waals surface area contributed by atoms with Crippen LogP contribution in [0.15, 0.2) is 35.3 Å². The number of aromatic nitrogens is 2. The van der Waals surface area contributed by atoms with Gasteiger partial charge in [0.15, 0.2) is 5.96 Å². The van der Waals surface area contributed by atoms with Crippen LogP contribution >= 0.6 is 24.0 Å². The number of hydrogen-bond donors (Lipinski definition) is 2. The Kier molecular flexibility index (Phi) is 8.24. The molecular formula is C18H28IN5. The fraction of sp³-hybridized carbons (Fsp3) is 0.444. The molecule has 5 nitrogen and oxygen atoms in total. The predicted molar refractivity (Wildman–Crippen MR) is 112 cm³/mol. The van der Waals surface area contributed by atoms with Crippen LogP contribution < -0.4 is 10.6 Å². The Morgan fingerprint density at radius 3 is 2.54 bits per heavy atom. The second kappa shape index (κ2) is 9.66. The smallest absolute Gasteiger partial charge is 0.191 e. The molecule has 0 spiro atoms. The van der Waals surface area contributed by atoms with Gasteiger partial charge in [-0.15, -0.1) is 24.0 Å². The zero-order chi connectivity index (χ0) is 16.8. The van der Waals surface area contributed by atoms with Gasteiger partial charge >= 0.3 is 0 Å². The largest absolute Gasteiger partial charge is 0.357 e. The molecule has 1 aromatic heterocycles. The van der Waals surface area contributed by atoms with Crippen molar-refractivity contribution in [2.75, 3.05) is 6.54 Å². The lowest BCUT2D eigenvalue weighted by Gasteiger charge is -2.15. The van der Waals surface area contributed by atoms with Gasteiger partial charge in [-0.25, -0.2) is 9.67 Å². The molecule has 0 aliphatic rings. The van der Waals surface area contributed by atoms with E-state index in [0.29, 0.717) is 12.6 Å². The third-order valence-corrected chi connectivity index (χ3v) is 3.41. The van der Waals surface area contributed by atoms with E-state index in [2.05, 4.69) is 61.6 Å². The first-order valence-electron chi connectivity index (χ1n) is 8.17. The number of nitrogens with one attached hydrogen (secondary N) is 2. The highest BCUT2D eigenvalue weighted by Crippen LogP contribution is 2.17. The fourth-order valence-electron chi connectivity index (χ4n) is 2.48. The summed E-state index contributed by atoms with van der Waals surface area (Å²) >= 11 is 0. The average Bonchev–Trinajstić information content (AvgIpc) is 2.83. The number of rotatable bonds is 5. The maximum Gasteiger partial charge on any atom is 0.191 e. The number of guanidine groups is 1. The summed E-state index contributed by atoms with van der Waals surface area (Å²) in [5, 5.41) is 11.2. The van der Waals surface area contributed by atoms with Crippen molar-refractivity contribution in [3.8, 4) is 5.69 Å². The lowest BCUT2D eigenvalue weighted by Crippen LogP contribution is -2.41. The van der Waals surface area contributed by atoms with Gasteiger partial charge in [0.25, 0.3) is 0 Å². The molecule has 0 fully saturated rings. The number of aryl methyl sites for hydroxylation is 2. The Morgan fingerprint density at radius 2 is 1.96 bits per heavy atom. The first-order chi connectivity index (χ1) is 11.0. The molecule has 6 heteroatoms. The molecular weight excluding hydrogens is 413 g/mol. The summed E-state index contributed by atoms with van der Waals surface area (Å²) in [6.07, 6.45) is 0. The van der Waals surface area contributed by atoms with Crippen molar-refractivity contribution in [3.05, 3.63) is 47.3 Å². The summed E-state index contributed by atoms with van der Waals surface area (Å²) in [5.74, 6) is 0.839. The van der Waals surface area contributed by atoms with Crippen molar-refractivity contribution >= 4 is 29.9 Å². The monoisotopic (exact) mass is 441 g/mol. The molecule has 0 saturated heterocycles. The van der Waals surface area contributed by atoms with Crippen molar-refractivity contribution in [2.24, 2.45) is 4.99 Å². The van der Waals surface area contributed by atoms with Crippen LogP contribution in [0.1, 0.15) is 37.7 Å². The topological polar surface area (TPSA) is 54.2 Å². The van der Waals surface area contributed by atoms with Crippen molar-refractivity contribution < 1.29 is 0 Å². The van der Waals surface area contributed by atoms with E-state index in [9.17, 15) is 0 Å².